The fraction of sp³-hybridized carbons (Fsp3) is 0.286. The molecule has 0 saturated carbocycles. The first kappa shape index (κ1) is 20.8. The Hall–Kier alpha value is -2.49. The summed E-state index contributed by atoms with van der Waals surface area (Å²) in [4.78, 5) is 17.6. The fourth-order valence-corrected chi connectivity index (χ4v) is 5.99. The van der Waals surface area contributed by atoms with Gasteiger partial charge in [-0.3, -0.25) is 4.79 Å². The first-order chi connectivity index (χ1) is 14.3. The molecule has 30 heavy (non-hydrogen) atoms. The topological polar surface area (TPSA) is 75.4 Å². The number of carbonyl (C=O) groups is 1. The Kier molecular flexibility index (Phi) is 5.77. The molecule has 2 aromatic heterocycles. The van der Waals surface area contributed by atoms with Crippen LogP contribution in [0, 0.1) is 12.7 Å². The van der Waals surface area contributed by atoms with E-state index in [-0.39, 0.29) is 12.5 Å². The van der Waals surface area contributed by atoms with Crippen molar-refractivity contribution in [3.63, 3.8) is 0 Å². The van der Waals surface area contributed by atoms with Crippen LogP contribution >= 0.6 is 11.3 Å². The van der Waals surface area contributed by atoms with Gasteiger partial charge in [0.15, 0.2) is 5.76 Å². The summed E-state index contributed by atoms with van der Waals surface area (Å²) in [5, 5.41) is 5.75. The molecule has 158 valence electrons. The summed E-state index contributed by atoms with van der Waals surface area (Å²) in [6.07, 6.45) is 1.32. The van der Waals surface area contributed by atoms with Gasteiger partial charge in [-0.25, -0.2) is 17.9 Å². The summed E-state index contributed by atoms with van der Waals surface area (Å²) in [7, 11) is -2.89. The number of nitrogens with zero attached hydrogens (tertiary/aromatic N) is 2. The highest BCUT2D eigenvalue weighted by atomic mass is 32.2. The van der Waals surface area contributed by atoms with Crippen LogP contribution < -0.4 is 5.32 Å². The maximum atomic E-state index is 13.3. The van der Waals surface area contributed by atoms with E-state index in [0.717, 1.165) is 17.1 Å². The number of benzene rings is 1. The number of thiazole rings is 1. The molecule has 6 nitrogen and oxygen atoms in total. The molecule has 1 saturated heterocycles. The molecular weight excluding hydrogens is 425 g/mol. The van der Waals surface area contributed by atoms with E-state index in [9.17, 15) is 13.4 Å². The largest absolute Gasteiger partial charge is 0.458 e. The van der Waals surface area contributed by atoms with Crippen LogP contribution in [0.4, 0.5) is 4.39 Å². The number of hydrogen-bond donors (Lipinski definition) is 1. The van der Waals surface area contributed by atoms with Crippen LogP contribution in [0.3, 0.4) is 0 Å². The Balaban J connectivity index is 1.43. The number of rotatable bonds is 6. The van der Waals surface area contributed by atoms with Crippen LogP contribution in [0.15, 0.2) is 51.1 Å². The number of halogens is 1. The van der Waals surface area contributed by atoms with Gasteiger partial charge in [0.25, 0.3) is 0 Å². The first-order valence-electron chi connectivity index (χ1n) is 9.53. The van der Waals surface area contributed by atoms with Gasteiger partial charge in [-0.1, -0.05) is 0 Å². The Labute approximate surface area is 178 Å². The van der Waals surface area contributed by atoms with Crippen LogP contribution in [0.5, 0.6) is 0 Å². The fourth-order valence-electron chi connectivity index (χ4n) is 3.52. The quantitative estimate of drug-likeness (QED) is 0.586. The van der Waals surface area contributed by atoms with Gasteiger partial charge in [0.2, 0.25) is 5.91 Å². The minimum Gasteiger partial charge on any atom is -0.458 e. The van der Waals surface area contributed by atoms with Crippen LogP contribution in [0.25, 0.3) is 11.5 Å². The zero-order valence-electron chi connectivity index (χ0n) is 16.5. The Morgan fingerprint density at radius 2 is 2.13 bits per heavy atom. The van der Waals surface area contributed by atoms with E-state index in [1.165, 1.54) is 24.3 Å². The molecule has 4 rings (SSSR count). The second kappa shape index (κ2) is 8.33. The second-order valence-corrected chi connectivity index (χ2v) is 10.4. The average Bonchev–Trinajstić information content (AvgIpc) is 3.47. The van der Waals surface area contributed by atoms with E-state index in [4.69, 9.17) is 4.42 Å². The minimum absolute atomic E-state index is 0.223. The van der Waals surface area contributed by atoms with Gasteiger partial charge in [0.1, 0.15) is 23.3 Å². The molecule has 9 heteroatoms. The number of nitrogens with one attached hydrogen (secondary N) is 1. The highest BCUT2D eigenvalue weighted by Crippen LogP contribution is 2.27. The Morgan fingerprint density at radius 3 is 2.83 bits per heavy atom. The van der Waals surface area contributed by atoms with Crippen LogP contribution in [0.1, 0.15) is 23.6 Å². The molecule has 1 N–H and O–H groups in total. The molecule has 0 aliphatic carbocycles. The molecule has 1 aliphatic rings. The normalized spacial score (nSPS) is 18.9. The molecule has 3 aromatic rings. The molecule has 3 heterocycles. The number of furan rings is 1. The molecule has 1 aliphatic heterocycles. The maximum Gasteiger partial charge on any atom is 0.238 e. The van der Waals surface area contributed by atoms with Crippen molar-refractivity contribution in [2.45, 2.75) is 37.2 Å². The van der Waals surface area contributed by atoms with E-state index in [1.54, 1.807) is 21.7 Å². The molecule has 1 aromatic carbocycles. The minimum atomic E-state index is -2.89. The molecule has 1 amide bonds. The number of carbonyl (C=O) groups excluding carboxylic acids is 1. The van der Waals surface area contributed by atoms with Gasteiger partial charge in [0, 0.05) is 16.8 Å². The van der Waals surface area contributed by atoms with E-state index in [2.05, 4.69) is 16.2 Å². The molecular formula is C21H22FN3O3S2. The molecule has 0 spiro atoms. The lowest BCUT2D eigenvalue weighted by atomic mass is 10.2. The lowest BCUT2D eigenvalue weighted by Gasteiger charge is -2.27. The average molecular weight is 448 g/mol. The van der Waals surface area contributed by atoms with Crippen molar-refractivity contribution in [2.24, 2.45) is 0 Å². The smallest absolute Gasteiger partial charge is 0.238 e. The number of hydrogen-bond acceptors (Lipinski definition) is 5. The monoisotopic (exact) mass is 447 g/mol. The lowest BCUT2D eigenvalue weighted by molar-refractivity contribution is -0.124. The van der Waals surface area contributed by atoms with Gasteiger partial charge in [-0.2, -0.15) is 0 Å². The summed E-state index contributed by atoms with van der Waals surface area (Å²) in [5.74, 6) is 4.50. The van der Waals surface area contributed by atoms with Gasteiger partial charge in [0.05, 0.1) is 21.3 Å². The SMILES string of the molecule is C=S(=O)(c1ccc(F)cc1)N1CCCC1C(=O)NCc1ccc(-c2csc(C)n2)o1. The lowest BCUT2D eigenvalue weighted by Crippen LogP contribution is -2.45. The third-order valence-electron chi connectivity index (χ3n) is 5.04. The van der Waals surface area contributed by atoms with Gasteiger partial charge in [-0.05, 0) is 62.0 Å². The van der Waals surface area contributed by atoms with Gasteiger partial charge < -0.3 is 9.73 Å². The van der Waals surface area contributed by atoms with Crippen molar-refractivity contribution in [3.05, 3.63) is 58.4 Å². The van der Waals surface area contributed by atoms with E-state index >= 15 is 0 Å². The Morgan fingerprint density at radius 1 is 1.37 bits per heavy atom. The number of aryl methyl sites for hydroxylation is 1. The van der Waals surface area contributed by atoms with Gasteiger partial charge in [-0.15, -0.1) is 11.3 Å². The predicted molar refractivity (Wildman–Crippen MR) is 116 cm³/mol. The molecule has 1 fully saturated rings. The van der Waals surface area contributed by atoms with Crippen LogP contribution in [0.2, 0.25) is 0 Å². The van der Waals surface area contributed by atoms with Crippen molar-refractivity contribution in [1.29, 1.82) is 0 Å². The molecule has 0 radical (unpaired) electrons. The van der Waals surface area contributed by atoms with Crippen LogP contribution in [-0.4, -0.2) is 37.9 Å². The van der Waals surface area contributed by atoms with Crippen LogP contribution in [-0.2, 0) is 21.0 Å². The van der Waals surface area contributed by atoms with E-state index in [1.807, 2.05) is 18.4 Å². The highest BCUT2D eigenvalue weighted by molar-refractivity contribution is 7.98. The zero-order valence-corrected chi connectivity index (χ0v) is 18.1. The third kappa shape index (κ3) is 4.19. The van der Waals surface area contributed by atoms with E-state index < -0.39 is 21.6 Å². The standard InChI is InChI=1S/C21H22FN3O3S2/c1-14-24-18(13-29-14)20-10-7-16(28-20)12-23-21(26)19-4-3-11-25(19)30(2,27)17-8-5-15(22)6-9-17/h5-10,13,19H,2-4,11-12H2,1H3,(H,23,26). The summed E-state index contributed by atoms with van der Waals surface area (Å²) >= 11 is 1.54. The van der Waals surface area contributed by atoms with Crippen molar-refractivity contribution < 1.29 is 17.8 Å². The first-order valence-corrected chi connectivity index (χ1v) is 12.1. The number of aromatic nitrogens is 1. The molecule has 2 atom stereocenters. The van der Waals surface area contributed by atoms with Crippen molar-refractivity contribution >= 4 is 32.8 Å². The summed E-state index contributed by atoms with van der Waals surface area (Å²) < 4.78 is 34.0. The second-order valence-electron chi connectivity index (χ2n) is 7.13. The summed E-state index contributed by atoms with van der Waals surface area (Å²) in [6, 6.07) is 8.50. The van der Waals surface area contributed by atoms with Gasteiger partial charge >= 0.3 is 0 Å². The molecule has 2 unspecified atom stereocenters. The Bertz CT molecular complexity index is 1150. The third-order valence-corrected chi connectivity index (χ3v) is 8.01. The highest BCUT2D eigenvalue weighted by Gasteiger charge is 2.36. The maximum absolute atomic E-state index is 13.3. The zero-order chi connectivity index (χ0) is 21.3. The van der Waals surface area contributed by atoms with Crippen molar-refractivity contribution in [3.8, 4) is 11.5 Å². The summed E-state index contributed by atoms with van der Waals surface area (Å²) in [6.45, 7) is 2.64. The van der Waals surface area contributed by atoms with E-state index in [0.29, 0.717) is 29.4 Å². The summed E-state index contributed by atoms with van der Waals surface area (Å²) in [5.41, 5.74) is 0.771. The van der Waals surface area contributed by atoms with Crippen molar-refractivity contribution in [1.82, 2.24) is 14.6 Å². The predicted octanol–water partition coefficient (Wildman–Crippen LogP) is 3.62. The number of amides is 1. The molecule has 0 bridgehead atoms. The van der Waals surface area contributed by atoms with Crippen molar-refractivity contribution in [2.75, 3.05) is 6.54 Å².